The van der Waals surface area contributed by atoms with Crippen LogP contribution in [0.4, 0.5) is 0 Å². The Morgan fingerprint density at radius 1 is 1.38 bits per heavy atom. The second-order valence-electron chi connectivity index (χ2n) is 4.89. The lowest BCUT2D eigenvalue weighted by molar-refractivity contribution is -0.128. The Morgan fingerprint density at radius 2 is 2.19 bits per heavy atom. The summed E-state index contributed by atoms with van der Waals surface area (Å²) >= 11 is 0. The summed E-state index contributed by atoms with van der Waals surface area (Å²) in [5.74, 6) is 1.92. The van der Waals surface area contributed by atoms with Crippen molar-refractivity contribution in [2.24, 2.45) is 0 Å². The topological polar surface area (TPSA) is 68.5 Å². The van der Waals surface area contributed by atoms with Gasteiger partial charge in [0.05, 0.1) is 7.11 Å². The first-order chi connectivity index (χ1) is 10.1. The molecule has 1 aromatic carbocycles. The van der Waals surface area contributed by atoms with Crippen LogP contribution in [0.1, 0.15) is 18.7 Å². The van der Waals surface area contributed by atoms with Crippen molar-refractivity contribution in [3.8, 4) is 17.1 Å². The number of carbonyl (C=O) groups is 1. The summed E-state index contributed by atoms with van der Waals surface area (Å²) in [6.07, 6.45) is 1.76. The molecule has 1 amide bonds. The van der Waals surface area contributed by atoms with Crippen LogP contribution in [0, 0.1) is 0 Å². The van der Waals surface area contributed by atoms with Crippen molar-refractivity contribution >= 4 is 5.91 Å². The maximum atomic E-state index is 11.5. The van der Waals surface area contributed by atoms with Gasteiger partial charge in [-0.25, -0.2) is 0 Å². The third-order valence-electron chi connectivity index (χ3n) is 3.08. The summed E-state index contributed by atoms with van der Waals surface area (Å²) in [5, 5.41) is 3.96. The van der Waals surface area contributed by atoms with E-state index in [9.17, 15) is 4.79 Å². The zero-order valence-corrected chi connectivity index (χ0v) is 12.5. The van der Waals surface area contributed by atoms with Gasteiger partial charge in [-0.15, -0.1) is 0 Å². The largest absolute Gasteiger partial charge is 0.497 e. The Balaban J connectivity index is 1.96. The van der Waals surface area contributed by atoms with E-state index >= 15 is 0 Å². The van der Waals surface area contributed by atoms with Crippen LogP contribution in [0.5, 0.6) is 5.75 Å². The highest BCUT2D eigenvalue weighted by molar-refractivity contribution is 5.75. The molecular formula is C15H19N3O3. The lowest BCUT2D eigenvalue weighted by atomic mass is 10.2. The van der Waals surface area contributed by atoms with E-state index in [0.717, 1.165) is 11.3 Å². The van der Waals surface area contributed by atoms with Gasteiger partial charge in [0, 0.05) is 32.5 Å². The fourth-order valence-corrected chi connectivity index (χ4v) is 1.85. The van der Waals surface area contributed by atoms with Crippen molar-refractivity contribution in [1.82, 2.24) is 15.0 Å². The third-order valence-corrected chi connectivity index (χ3v) is 3.08. The highest BCUT2D eigenvalue weighted by Gasteiger charge is 2.10. The summed E-state index contributed by atoms with van der Waals surface area (Å²) in [5.41, 5.74) is 0.841. The SMILES string of the molecule is COc1cccc(-c2noc(CCCC(=O)N(C)C)n2)c1. The molecular weight excluding hydrogens is 270 g/mol. The molecule has 0 N–H and O–H groups in total. The molecule has 0 atom stereocenters. The molecule has 1 heterocycles. The molecule has 6 heteroatoms. The smallest absolute Gasteiger partial charge is 0.226 e. The quantitative estimate of drug-likeness (QED) is 0.815. The molecule has 0 radical (unpaired) electrons. The van der Waals surface area contributed by atoms with Crippen LogP contribution in [0.25, 0.3) is 11.4 Å². The first kappa shape index (κ1) is 15.0. The number of benzene rings is 1. The number of rotatable bonds is 6. The van der Waals surface area contributed by atoms with E-state index in [4.69, 9.17) is 9.26 Å². The summed E-state index contributed by atoms with van der Waals surface area (Å²) in [6, 6.07) is 7.48. The minimum Gasteiger partial charge on any atom is -0.497 e. The molecule has 0 aliphatic rings. The van der Waals surface area contributed by atoms with E-state index in [-0.39, 0.29) is 5.91 Å². The van der Waals surface area contributed by atoms with E-state index in [1.54, 1.807) is 26.1 Å². The average Bonchev–Trinajstić information content (AvgIpc) is 2.96. The molecule has 2 rings (SSSR count). The van der Waals surface area contributed by atoms with Gasteiger partial charge in [-0.05, 0) is 18.6 Å². The molecule has 6 nitrogen and oxygen atoms in total. The predicted molar refractivity (Wildman–Crippen MR) is 77.9 cm³/mol. The molecule has 0 bridgehead atoms. The lowest BCUT2D eigenvalue weighted by Crippen LogP contribution is -2.21. The molecule has 0 aliphatic carbocycles. The van der Waals surface area contributed by atoms with Crippen LogP contribution in [0.15, 0.2) is 28.8 Å². The number of hydrogen-bond donors (Lipinski definition) is 0. The predicted octanol–water partition coefficient (Wildman–Crippen LogP) is 2.16. The third kappa shape index (κ3) is 4.05. The minimum atomic E-state index is 0.0996. The number of nitrogens with zero attached hydrogens (tertiary/aromatic N) is 3. The Labute approximate surface area is 123 Å². The fourth-order valence-electron chi connectivity index (χ4n) is 1.85. The molecule has 1 aromatic heterocycles. The van der Waals surface area contributed by atoms with Gasteiger partial charge < -0.3 is 14.2 Å². The maximum Gasteiger partial charge on any atom is 0.226 e. The zero-order valence-electron chi connectivity index (χ0n) is 12.5. The van der Waals surface area contributed by atoms with E-state index in [1.165, 1.54) is 0 Å². The van der Waals surface area contributed by atoms with Crippen LogP contribution < -0.4 is 4.74 Å². The normalized spacial score (nSPS) is 10.4. The maximum absolute atomic E-state index is 11.5. The molecule has 0 spiro atoms. The number of carbonyl (C=O) groups excluding carboxylic acids is 1. The lowest BCUT2D eigenvalue weighted by Gasteiger charge is -2.08. The molecule has 0 fully saturated rings. The van der Waals surface area contributed by atoms with Gasteiger partial charge in [-0.2, -0.15) is 4.98 Å². The van der Waals surface area contributed by atoms with Gasteiger partial charge in [0.1, 0.15) is 5.75 Å². The van der Waals surface area contributed by atoms with E-state index < -0.39 is 0 Å². The highest BCUT2D eigenvalue weighted by atomic mass is 16.5. The van der Waals surface area contributed by atoms with Gasteiger partial charge in [-0.3, -0.25) is 4.79 Å². The van der Waals surface area contributed by atoms with Crippen LogP contribution >= 0.6 is 0 Å². The van der Waals surface area contributed by atoms with Crippen LogP contribution in [-0.2, 0) is 11.2 Å². The summed E-state index contributed by atoms with van der Waals surface area (Å²) in [4.78, 5) is 17.4. The van der Waals surface area contributed by atoms with E-state index in [0.29, 0.717) is 31.0 Å². The Bertz CT molecular complexity index is 608. The molecule has 0 aliphatic heterocycles. The summed E-state index contributed by atoms with van der Waals surface area (Å²) in [6.45, 7) is 0. The molecule has 21 heavy (non-hydrogen) atoms. The van der Waals surface area contributed by atoms with Crippen molar-refractivity contribution in [1.29, 1.82) is 0 Å². The standard InChI is InChI=1S/C15H19N3O3/c1-18(2)14(19)9-5-8-13-16-15(17-21-13)11-6-4-7-12(10-11)20-3/h4,6-7,10H,5,8-9H2,1-3H3. The van der Waals surface area contributed by atoms with Crippen molar-refractivity contribution in [2.75, 3.05) is 21.2 Å². The molecule has 0 saturated carbocycles. The number of methoxy groups -OCH3 is 1. The van der Waals surface area contributed by atoms with Crippen LogP contribution in [-0.4, -0.2) is 42.2 Å². The van der Waals surface area contributed by atoms with Crippen molar-refractivity contribution in [2.45, 2.75) is 19.3 Å². The Hall–Kier alpha value is -2.37. The van der Waals surface area contributed by atoms with Gasteiger partial charge in [0.15, 0.2) is 0 Å². The van der Waals surface area contributed by atoms with Crippen LogP contribution in [0.2, 0.25) is 0 Å². The highest BCUT2D eigenvalue weighted by Crippen LogP contribution is 2.21. The summed E-state index contributed by atoms with van der Waals surface area (Å²) < 4.78 is 10.4. The first-order valence-corrected chi connectivity index (χ1v) is 6.77. The van der Waals surface area contributed by atoms with Gasteiger partial charge in [0.25, 0.3) is 0 Å². The van der Waals surface area contributed by atoms with Crippen molar-refractivity contribution in [3.05, 3.63) is 30.2 Å². The van der Waals surface area contributed by atoms with E-state index in [1.807, 2.05) is 24.3 Å². The second-order valence-corrected chi connectivity index (χ2v) is 4.89. The van der Waals surface area contributed by atoms with E-state index in [2.05, 4.69) is 10.1 Å². The van der Waals surface area contributed by atoms with Gasteiger partial charge >= 0.3 is 0 Å². The minimum absolute atomic E-state index is 0.0996. The number of amides is 1. The number of aryl methyl sites for hydroxylation is 1. The van der Waals surface area contributed by atoms with Crippen LogP contribution in [0.3, 0.4) is 0 Å². The number of aromatic nitrogens is 2. The number of hydrogen-bond acceptors (Lipinski definition) is 5. The monoisotopic (exact) mass is 289 g/mol. The Morgan fingerprint density at radius 3 is 2.90 bits per heavy atom. The summed E-state index contributed by atoms with van der Waals surface area (Å²) in [7, 11) is 5.11. The van der Waals surface area contributed by atoms with Crippen molar-refractivity contribution in [3.63, 3.8) is 0 Å². The second kappa shape index (κ2) is 6.88. The molecule has 112 valence electrons. The first-order valence-electron chi connectivity index (χ1n) is 6.77. The zero-order chi connectivity index (χ0) is 15.2. The Kier molecular flexibility index (Phi) is 4.92. The molecule has 2 aromatic rings. The van der Waals surface area contributed by atoms with Crippen molar-refractivity contribution < 1.29 is 14.1 Å². The fraction of sp³-hybridized carbons (Fsp3) is 0.400. The average molecular weight is 289 g/mol. The van der Waals surface area contributed by atoms with Gasteiger partial charge in [0.2, 0.25) is 17.6 Å². The number of ether oxygens (including phenoxy) is 1. The molecule has 0 unspecified atom stereocenters. The van der Waals surface area contributed by atoms with Gasteiger partial charge in [-0.1, -0.05) is 17.3 Å². The molecule has 0 saturated heterocycles.